The number of benzene rings is 1. The molecule has 0 aliphatic rings. The molecule has 0 fully saturated rings. The molecule has 0 aliphatic heterocycles. The summed E-state index contributed by atoms with van der Waals surface area (Å²) in [6.07, 6.45) is 1.47. The summed E-state index contributed by atoms with van der Waals surface area (Å²) in [5.74, 6) is 1.21. The van der Waals surface area contributed by atoms with E-state index in [0.717, 1.165) is 6.42 Å². The largest absolute Gasteiger partial charge is 0.339 e. The third-order valence-corrected chi connectivity index (χ3v) is 2.69. The first kappa shape index (κ1) is 11.8. The highest BCUT2D eigenvalue weighted by Gasteiger charge is 2.12. The Kier molecular flexibility index (Phi) is 3.54. The normalized spacial score (nSPS) is 12.6. The van der Waals surface area contributed by atoms with Gasteiger partial charge in [-0.2, -0.15) is 4.98 Å². The highest BCUT2D eigenvalue weighted by atomic mass is 16.5. The fourth-order valence-corrected chi connectivity index (χ4v) is 1.67. The van der Waals surface area contributed by atoms with Crippen molar-refractivity contribution in [1.29, 1.82) is 0 Å². The molecule has 1 aromatic carbocycles. The summed E-state index contributed by atoms with van der Waals surface area (Å²) in [4.78, 5) is 4.30. The van der Waals surface area contributed by atoms with Gasteiger partial charge in [0.2, 0.25) is 5.89 Å². The topological polar surface area (TPSA) is 64.9 Å². The van der Waals surface area contributed by atoms with Crippen LogP contribution in [-0.4, -0.2) is 10.1 Å². The van der Waals surface area contributed by atoms with Gasteiger partial charge in [-0.05, 0) is 18.9 Å². The van der Waals surface area contributed by atoms with Crippen LogP contribution in [0.4, 0.5) is 0 Å². The molecule has 1 heterocycles. The Morgan fingerprint density at radius 3 is 2.94 bits per heavy atom. The highest BCUT2D eigenvalue weighted by molar-refractivity contribution is 5.24. The quantitative estimate of drug-likeness (QED) is 0.877. The number of nitrogens with zero attached hydrogens (tertiary/aromatic N) is 2. The van der Waals surface area contributed by atoms with Crippen LogP contribution in [-0.2, 0) is 6.42 Å². The minimum absolute atomic E-state index is 0.134. The number of hydrogen-bond donors (Lipinski definition) is 1. The van der Waals surface area contributed by atoms with Crippen molar-refractivity contribution in [3.8, 4) is 0 Å². The summed E-state index contributed by atoms with van der Waals surface area (Å²) in [6.45, 7) is 4.07. The smallest absolute Gasteiger partial charge is 0.231 e. The fourth-order valence-electron chi connectivity index (χ4n) is 1.67. The van der Waals surface area contributed by atoms with E-state index in [9.17, 15) is 0 Å². The summed E-state index contributed by atoms with van der Waals surface area (Å²) in [5.41, 5.74) is 8.24. The molecule has 4 nitrogen and oxygen atoms in total. The molecule has 2 N–H and O–H groups in total. The highest BCUT2D eigenvalue weighted by Crippen LogP contribution is 2.13. The van der Waals surface area contributed by atoms with Crippen molar-refractivity contribution in [2.45, 2.75) is 32.7 Å². The second kappa shape index (κ2) is 5.10. The summed E-state index contributed by atoms with van der Waals surface area (Å²) >= 11 is 0. The number of hydrogen-bond acceptors (Lipinski definition) is 4. The average molecular weight is 231 g/mol. The lowest BCUT2D eigenvalue weighted by Gasteiger charge is -2.00. The second-order valence-electron chi connectivity index (χ2n) is 4.23. The van der Waals surface area contributed by atoms with Crippen molar-refractivity contribution in [3.63, 3.8) is 0 Å². The van der Waals surface area contributed by atoms with Crippen LogP contribution in [0.15, 0.2) is 28.8 Å². The van der Waals surface area contributed by atoms with Crippen molar-refractivity contribution < 1.29 is 4.52 Å². The molecular weight excluding hydrogens is 214 g/mol. The summed E-state index contributed by atoms with van der Waals surface area (Å²) in [5, 5.41) is 3.89. The zero-order chi connectivity index (χ0) is 12.3. The lowest BCUT2D eigenvalue weighted by molar-refractivity contribution is 0.375. The summed E-state index contributed by atoms with van der Waals surface area (Å²) < 4.78 is 5.19. The minimum atomic E-state index is -0.134. The fraction of sp³-hybridized carbons (Fsp3) is 0.385. The SMILES string of the molecule is CCC(N)c1noc(Cc2cccc(C)c2)n1. The van der Waals surface area contributed by atoms with Gasteiger partial charge in [0.25, 0.3) is 0 Å². The minimum Gasteiger partial charge on any atom is -0.339 e. The molecule has 1 aromatic heterocycles. The molecule has 0 saturated heterocycles. The van der Waals surface area contributed by atoms with Gasteiger partial charge in [-0.25, -0.2) is 0 Å². The predicted molar refractivity (Wildman–Crippen MR) is 65.5 cm³/mol. The molecule has 2 rings (SSSR count). The van der Waals surface area contributed by atoms with Crippen LogP contribution in [0.1, 0.15) is 42.2 Å². The molecule has 0 bridgehead atoms. The van der Waals surface area contributed by atoms with Crippen LogP contribution in [0.5, 0.6) is 0 Å². The van der Waals surface area contributed by atoms with E-state index in [1.54, 1.807) is 0 Å². The van der Waals surface area contributed by atoms with E-state index in [0.29, 0.717) is 18.1 Å². The van der Waals surface area contributed by atoms with Gasteiger partial charge in [0.15, 0.2) is 5.82 Å². The van der Waals surface area contributed by atoms with Gasteiger partial charge in [0, 0.05) is 0 Å². The third-order valence-electron chi connectivity index (χ3n) is 2.69. The van der Waals surface area contributed by atoms with E-state index in [4.69, 9.17) is 10.3 Å². The first-order chi connectivity index (χ1) is 8.19. The Balaban J connectivity index is 2.11. The Morgan fingerprint density at radius 2 is 2.24 bits per heavy atom. The summed E-state index contributed by atoms with van der Waals surface area (Å²) in [7, 11) is 0. The zero-order valence-corrected chi connectivity index (χ0v) is 10.2. The first-order valence-electron chi connectivity index (χ1n) is 5.82. The standard InChI is InChI=1S/C13H17N3O/c1-3-11(14)13-15-12(17-16-13)8-10-6-4-5-9(2)7-10/h4-7,11H,3,8,14H2,1-2H3. The van der Waals surface area contributed by atoms with Crippen molar-refractivity contribution in [3.05, 3.63) is 47.1 Å². The van der Waals surface area contributed by atoms with E-state index in [2.05, 4.69) is 35.3 Å². The van der Waals surface area contributed by atoms with Gasteiger partial charge in [-0.1, -0.05) is 41.9 Å². The molecule has 4 heteroatoms. The number of aryl methyl sites for hydroxylation is 1. The maximum absolute atomic E-state index is 5.84. The maximum Gasteiger partial charge on any atom is 0.231 e. The Morgan fingerprint density at radius 1 is 1.41 bits per heavy atom. The van der Waals surface area contributed by atoms with Crippen molar-refractivity contribution >= 4 is 0 Å². The maximum atomic E-state index is 5.84. The van der Waals surface area contributed by atoms with Gasteiger partial charge < -0.3 is 10.3 Å². The van der Waals surface area contributed by atoms with Crippen LogP contribution < -0.4 is 5.73 Å². The lowest BCUT2D eigenvalue weighted by atomic mass is 10.1. The Labute approximate surface area is 101 Å². The van der Waals surface area contributed by atoms with Crippen molar-refractivity contribution in [2.75, 3.05) is 0 Å². The molecule has 0 aliphatic carbocycles. The number of aromatic nitrogens is 2. The van der Waals surface area contributed by atoms with Gasteiger partial charge in [-0.15, -0.1) is 0 Å². The van der Waals surface area contributed by atoms with Crippen LogP contribution >= 0.6 is 0 Å². The Bertz CT molecular complexity index is 493. The zero-order valence-electron chi connectivity index (χ0n) is 10.2. The average Bonchev–Trinajstić information content (AvgIpc) is 2.76. The van der Waals surface area contributed by atoms with Crippen LogP contribution in [0.25, 0.3) is 0 Å². The van der Waals surface area contributed by atoms with Crippen LogP contribution in [0.2, 0.25) is 0 Å². The third kappa shape index (κ3) is 2.91. The van der Waals surface area contributed by atoms with Crippen LogP contribution in [0, 0.1) is 6.92 Å². The molecule has 0 radical (unpaired) electrons. The van der Waals surface area contributed by atoms with Gasteiger partial charge in [-0.3, -0.25) is 0 Å². The van der Waals surface area contributed by atoms with Crippen molar-refractivity contribution in [2.24, 2.45) is 5.73 Å². The summed E-state index contributed by atoms with van der Waals surface area (Å²) in [6, 6.07) is 8.13. The molecule has 0 spiro atoms. The molecule has 1 unspecified atom stereocenters. The molecule has 90 valence electrons. The predicted octanol–water partition coefficient (Wildman–Crippen LogP) is 2.38. The lowest BCUT2D eigenvalue weighted by Crippen LogP contribution is -2.10. The molecule has 2 aromatic rings. The van der Waals surface area contributed by atoms with E-state index in [-0.39, 0.29) is 6.04 Å². The molecular formula is C13H17N3O. The van der Waals surface area contributed by atoms with Gasteiger partial charge in [0.05, 0.1) is 12.5 Å². The van der Waals surface area contributed by atoms with E-state index < -0.39 is 0 Å². The molecule has 1 atom stereocenters. The van der Waals surface area contributed by atoms with Crippen molar-refractivity contribution in [1.82, 2.24) is 10.1 Å². The van der Waals surface area contributed by atoms with Crippen LogP contribution in [0.3, 0.4) is 0 Å². The van der Waals surface area contributed by atoms with E-state index >= 15 is 0 Å². The molecule has 0 saturated carbocycles. The molecule has 17 heavy (non-hydrogen) atoms. The monoisotopic (exact) mass is 231 g/mol. The molecule has 0 amide bonds. The second-order valence-corrected chi connectivity index (χ2v) is 4.23. The van der Waals surface area contributed by atoms with E-state index in [1.807, 2.05) is 13.0 Å². The number of rotatable bonds is 4. The number of nitrogens with two attached hydrogens (primary N) is 1. The first-order valence-corrected chi connectivity index (χ1v) is 5.82. The van der Waals surface area contributed by atoms with Gasteiger partial charge >= 0.3 is 0 Å². The Hall–Kier alpha value is -1.68. The van der Waals surface area contributed by atoms with E-state index in [1.165, 1.54) is 11.1 Å². The van der Waals surface area contributed by atoms with Gasteiger partial charge in [0.1, 0.15) is 0 Å².